The highest BCUT2D eigenvalue weighted by atomic mass is 35.5. The third-order valence-corrected chi connectivity index (χ3v) is 6.56. The fourth-order valence-electron chi connectivity index (χ4n) is 3.10. The second kappa shape index (κ2) is 8.86. The Morgan fingerprint density at radius 3 is 2.55 bits per heavy atom. The monoisotopic (exact) mass is 452 g/mol. The third-order valence-electron chi connectivity index (χ3n) is 4.61. The molecule has 1 aliphatic heterocycles. The molecule has 0 spiro atoms. The fourth-order valence-corrected chi connectivity index (χ4v) is 4.74. The van der Waals surface area contributed by atoms with Gasteiger partial charge in [0.15, 0.2) is 0 Å². The maximum absolute atomic E-state index is 12.6. The number of anilines is 1. The van der Waals surface area contributed by atoms with Crippen LogP contribution in [0.4, 0.5) is 10.5 Å². The van der Waals surface area contributed by atoms with Crippen molar-refractivity contribution < 1.29 is 14.3 Å². The molecule has 8 heteroatoms. The van der Waals surface area contributed by atoms with Gasteiger partial charge < -0.3 is 9.64 Å². The summed E-state index contributed by atoms with van der Waals surface area (Å²) in [6, 6.07) is 12.9. The molecular weight excluding hydrogens is 431 g/mol. The van der Waals surface area contributed by atoms with E-state index >= 15 is 0 Å². The van der Waals surface area contributed by atoms with Gasteiger partial charge in [-0.25, -0.2) is 4.79 Å². The van der Waals surface area contributed by atoms with Crippen molar-refractivity contribution >= 4 is 52.7 Å². The molecule has 29 heavy (non-hydrogen) atoms. The van der Waals surface area contributed by atoms with Crippen LogP contribution in [0.2, 0.25) is 10.0 Å². The van der Waals surface area contributed by atoms with E-state index in [4.69, 9.17) is 27.9 Å². The number of benzene rings is 2. The number of ether oxygens (including phenoxy) is 1. The van der Waals surface area contributed by atoms with E-state index in [1.54, 1.807) is 34.9 Å². The van der Waals surface area contributed by atoms with Crippen molar-refractivity contribution in [2.45, 2.75) is 31.7 Å². The van der Waals surface area contributed by atoms with E-state index in [0.29, 0.717) is 21.5 Å². The number of rotatable bonds is 5. The summed E-state index contributed by atoms with van der Waals surface area (Å²) in [6.45, 7) is 5.86. The number of halogens is 2. The smallest absolute Gasteiger partial charge is 0.411 e. The van der Waals surface area contributed by atoms with E-state index in [2.05, 4.69) is 5.32 Å². The zero-order valence-corrected chi connectivity index (χ0v) is 18.7. The van der Waals surface area contributed by atoms with Crippen LogP contribution in [0.1, 0.15) is 30.3 Å². The maximum Gasteiger partial charge on any atom is 0.411 e. The van der Waals surface area contributed by atoms with Gasteiger partial charge in [0.1, 0.15) is 12.0 Å². The lowest BCUT2D eigenvalue weighted by molar-refractivity contribution is -0.134. The second-order valence-corrected chi connectivity index (χ2v) is 9.36. The van der Waals surface area contributed by atoms with E-state index in [1.165, 1.54) is 0 Å². The topological polar surface area (TPSA) is 58.6 Å². The van der Waals surface area contributed by atoms with Gasteiger partial charge in [0.05, 0.1) is 21.3 Å². The van der Waals surface area contributed by atoms with Gasteiger partial charge in [0, 0.05) is 5.69 Å². The van der Waals surface area contributed by atoms with Gasteiger partial charge in [-0.1, -0.05) is 53.0 Å². The Morgan fingerprint density at radius 2 is 1.90 bits per heavy atom. The molecule has 2 amide bonds. The Hall–Kier alpha value is -1.89. The van der Waals surface area contributed by atoms with Crippen molar-refractivity contribution in [1.82, 2.24) is 4.90 Å². The van der Waals surface area contributed by atoms with Crippen molar-refractivity contribution in [3.05, 3.63) is 63.6 Å². The number of carbonyl (C=O) groups excluding carboxylic acids is 2. The van der Waals surface area contributed by atoms with Crippen molar-refractivity contribution in [1.29, 1.82) is 0 Å². The van der Waals surface area contributed by atoms with Gasteiger partial charge in [-0.05, 0) is 44.5 Å². The SMILES string of the molecule is Cc1ccc(C2SCC(=O)N2C(C)(C)COC(=O)Nc2ccc(Cl)c(Cl)c2)cc1. The average molecular weight is 453 g/mol. The van der Waals surface area contributed by atoms with Crippen LogP contribution in [0.5, 0.6) is 0 Å². The Labute approximate surface area is 184 Å². The van der Waals surface area contributed by atoms with Crippen LogP contribution in [0.15, 0.2) is 42.5 Å². The van der Waals surface area contributed by atoms with Crippen molar-refractivity contribution in [2.75, 3.05) is 17.7 Å². The highest BCUT2D eigenvalue weighted by Gasteiger charge is 2.42. The number of aryl methyl sites for hydroxylation is 1. The zero-order valence-electron chi connectivity index (χ0n) is 16.4. The summed E-state index contributed by atoms with van der Waals surface area (Å²) in [5, 5.41) is 3.25. The first-order chi connectivity index (χ1) is 13.7. The van der Waals surface area contributed by atoms with E-state index in [-0.39, 0.29) is 17.9 Å². The molecule has 1 atom stereocenters. The molecule has 1 heterocycles. The van der Waals surface area contributed by atoms with E-state index in [0.717, 1.165) is 11.1 Å². The predicted octanol–water partition coefficient (Wildman–Crippen LogP) is 5.90. The van der Waals surface area contributed by atoms with E-state index in [1.807, 2.05) is 45.0 Å². The Balaban J connectivity index is 1.66. The summed E-state index contributed by atoms with van der Waals surface area (Å²) < 4.78 is 5.42. The summed E-state index contributed by atoms with van der Waals surface area (Å²) >= 11 is 13.4. The quantitative estimate of drug-likeness (QED) is 0.612. The van der Waals surface area contributed by atoms with Crippen LogP contribution < -0.4 is 5.32 Å². The summed E-state index contributed by atoms with van der Waals surface area (Å²) in [7, 11) is 0. The van der Waals surface area contributed by atoms with Crippen LogP contribution >= 0.6 is 35.0 Å². The highest BCUT2D eigenvalue weighted by molar-refractivity contribution is 8.00. The molecule has 5 nitrogen and oxygen atoms in total. The molecule has 0 aromatic heterocycles. The van der Waals surface area contributed by atoms with Gasteiger partial charge >= 0.3 is 6.09 Å². The van der Waals surface area contributed by atoms with Gasteiger partial charge in [-0.2, -0.15) is 0 Å². The lowest BCUT2D eigenvalue weighted by Crippen LogP contribution is -2.49. The molecule has 0 saturated carbocycles. The number of nitrogens with one attached hydrogen (secondary N) is 1. The average Bonchev–Trinajstić information content (AvgIpc) is 3.06. The van der Waals surface area contributed by atoms with Gasteiger partial charge in [0.25, 0.3) is 0 Å². The van der Waals surface area contributed by atoms with Crippen LogP contribution in [0.3, 0.4) is 0 Å². The predicted molar refractivity (Wildman–Crippen MR) is 119 cm³/mol. The summed E-state index contributed by atoms with van der Waals surface area (Å²) in [4.78, 5) is 26.6. The highest BCUT2D eigenvalue weighted by Crippen LogP contribution is 2.43. The number of hydrogen-bond donors (Lipinski definition) is 1. The molecule has 1 saturated heterocycles. The number of thioether (sulfide) groups is 1. The molecule has 1 N–H and O–H groups in total. The number of hydrogen-bond acceptors (Lipinski definition) is 4. The number of carbonyl (C=O) groups is 2. The first-order valence-electron chi connectivity index (χ1n) is 9.06. The minimum absolute atomic E-state index is 0.0269. The first-order valence-corrected chi connectivity index (χ1v) is 10.9. The molecule has 1 aliphatic rings. The molecule has 1 fully saturated rings. The Kier molecular flexibility index (Phi) is 6.66. The first kappa shape index (κ1) is 21.8. The molecule has 0 bridgehead atoms. The molecule has 0 aliphatic carbocycles. The normalized spacial score (nSPS) is 16.8. The molecule has 154 valence electrons. The van der Waals surface area contributed by atoms with Crippen LogP contribution in [0.25, 0.3) is 0 Å². The third kappa shape index (κ3) is 5.18. The summed E-state index contributed by atoms with van der Waals surface area (Å²) in [5.74, 6) is 0.427. The van der Waals surface area contributed by atoms with E-state index < -0.39 is 11.6 Å². The lowest BCUT2D eigenvalue weighted by atomic mass is 10.0. The number of nitrogens with zero attached hydrogens (tertiary/aromatic N) is 1. The van der Waals surface area contributed by atoms with Gasteiger partial charge in [0.2, 0.25) is 5.91 Å². The van der Waals surface area contributed by atoms with Crippen molar-refractivity contribution in [3.63, 3.8) is 0 Å². The molecule has 3 rings (SSSR count). The van der Waals surface area contributed by atoms with Crippen molar-refractivity contribution in [3.8, 4) is 0 Å². The molecule has 1 unspecified atom stereocenters. The van der Waals surface area contributed by atoms with Crippen LogP contribution in [0, 0.1) is 6.92 Å². The van der Waals surface area contributed by atoms with Gasteiger partial charge in [-0.3, -0.25) is 10.1 Å². The van der Waals surface area contributed by atoms with Crippen LogP contribution in [-0.4, -0.2) is 34.8 Å². The molecular formula is C21H22Cl2N2O3S. The van der Waals surface area contributed by atoms with E-state index in [9.17, 15) is 9.59 Å². The maximum atomic E-state index is 12.6. The molecule has 2 aromatic carbocycles. The standard InChI is InChI=1S/C21H22Cl2N2O3S/c1-13-4-6-14(7-5-13)19-25(18(26)11-29-19)21(2,3)12-28-20(27)24-15-8-9-16(22)17(23)10-15/h4-10,19H,11-12H2,1-3H3,(H,24,27). The Bertz CT molecular complexity index is 919. The second-order valence-electron chi connectivity index (χ2n) is 7.48. The van der Waals surface area contributed by atoms with Crippen LogP contribution in [-0.2, 0) is 9.53 Å². The van der Waals surface area contributed by atoms with Gasteiger partial charge in [-0.15, -0.1) is 11.8 Å². The minimum atomic E-state index is -0.675. The summed E-state index contributed by atoms with van der Waals surface area (Å²) in [6.07, 6.45) is -0.623. The number of amides is 2. The Morgan fingerprint density at radius 1 is 1.21 bits per heavy atom. The zero-order chi connectivity index (χ0) is 21.2. The molecule has 2 aromatic rings. The minimum Gasteiger partial charge on any atom is -0.447 e. The molecule has 0 radical (unpaired) electrons. The lowest BCUT2D eigenvalue weighted by Gasteiger charge is -2.38. The van der Waals surface area contributed by atoms with Crippen molar-refractivity contribution in [2.24, 2.45) is 0 Å². The summed E-state index contributed by atoms with van der Waals surface area (Å²) in [5.41, 5.74) is 2.02. The fraction of sp³-hybridized carbons (Fsp3) is 0.333. The largest absolute Gasteiger partial charge is 0.447 e.